The minimum absolute atomic E-state index is 0.0735. The highest BCUT2D eigenvalue weighted by Crippen LogP contribution is 2.11. The van der Waals surface area contributed by atoms with Gasteiger partial charge in [-0.2, -0.15) is 0 Å². The van der Waals surface area contributed by atoms with E-state index < -0.39 is 23.8 Å². The highest BCUT2D eigenvalue weighted by atomic mass is 32.2. The Morgan fingerprint density at radius 1 is 1.30 bits per heavy atom. The van der Waals surface area contributed by atoms with E-state index in [1.165, 1.54) is 6.92 Å². The van der Waals surface area contributed by atoms with Crippen LogP contribution in [0.1, 0.15) is 17.3 Å². The molecule has 7 heteroatoms. The van der Waals surface area contributed by atoms with Crippen LogP contribution in [0.3, 0.4) is 0 Å². The van der Waals surface area contributed by atoms with E-state index in [4.69, 9.17) is 10.8 Å². The first kappa shape index (κ1) is 16.2. The van der Waals surface area contributed by atoms with E-state index in [2.05, 4.69) is 0 Å². The molecule has 1 rings (SSSR count). The largest absolute Gasteiger partial charge is 0.480 e. The Labute approximate surface area is 120 Å². The van der Waals surface area contributed by atoms with Crippen molar-refractivity contribution in [3.05, 3.63) is 35.9 Å². The topological polar surface area (TPSA) is 101 Å². The predicted molar refractivity (Wildman–Crippen MR) is 76.2 cm³/mol. The first-order valence-corrected chi connectivity index (χ1v) is 7.02. The molecule has 3 N–H and O–H groups in total. The molecule has 1 aromatic rings. The minimum Gasteiger partial charge on any atom is -0.480 e. The van der Waals surface area contributed by atoms with Gasteiger partial charge in [-0.15, -0.1) is 11.8 Å². The van der Waals surface area contributed by atoms with Crippen LogP contribution < -0.4 is 5.73 Å². The molecule has 20 heavy (non-hydrogen) atoms. The number of carboxylic acid groups (broad SMARTS) is 1. The van der Waals surface area contributed by atoms with Crippen molar-refractivity contribution < 1.29 is 19.5 Å². The Hall–Kier alpha value is -1.86. The van der Waals surface area contributed by atoms with E-state index in [1.807, 2.05) is 0 Å². The van der Waals surface area contributed by atoms with Gasteiger partial charge < -0.3 is 10.8 Å². The Morgan fingerprint density at radius 3 is 2.40 bits per heavy atom. The highest BCUT2D eigenvalue weighted by Gasteiger charge is 2.20. The van der Waals surface area contributed by atoms with Gasteiger partial charge >= 0.3 is 5.97 Å². The maximum Gasteiger partial charge on any atom is 0.321 e. The third-order valence-electron chi connectivity index (χ3n) is 2.48. The van der Waals surface area contributed by atoms with Crippen LogP contribution in [0.4, 0.5) is 0 Å². The zero-order valence-corrected chi connectivity index (χ0v) is 11.8. The first-order valence-electron chi connectivity index (χ1n) is 5.87. The van der Waals surface area contributed by atoms with E-state index in [-0.39, 0.29) is 11.6 Å². The fourth-order valence-electron chi connectivity index (χ4n) is 1.37. The van der Waals surface area contributed by atoms with Gasteiger partial charge in [0.1, 0.15) is 6.04 Å². The Bertz CT molecular complexity index is 492. The molecule has 6 nitrogen and oxygen atoms in total. The van der Waals surface area contributed by atoms with Crippen LogP contribution in [-0.2, 0) is 9.59 Å². The molecule has 0 unspecified atom stereocenters. The lowest BCUT2D eigenvalue weighted by Crippen LogP contribution is -2.37. The number of thioether (sulfide) groups is 1. The average Bonchev–Trinajstić information content (AvgIpc) is 2.43. The maximum absolute atomic E-state index is 12.1. The standard InChI is InChI=1S/C13H16N2O4S/c1-9(16)15(8-20-7-11(14)13(18)19)12(17)10-5-3-2-4-6-10/h2-6,11H,7-8,14H2,1H3,(H,18,19)/t11-/m0/s1. The number of aliphatic carboxylic acids is 1. The first-order chi connectivity index (χ1) is 9.43. The van der Waals surface area contributed by atoms with E-state index >= 15 is 0 Å². The van der Waals surface area contributed by atoms with Gasteiger partial charge in [0.05, 0.1) is 5.88 Å². The van der Waals surface area contributed by atoms with Gasteiger partial charge in [-0.3, -0.25) is 19.3 Å². The van der Waals surface area contributed by atoms with Crippen molar-refractivity contribution in [2.45, 2.75) is 13.0 Å². The second-order valence-electron chi connectivity index (χ2n) is 4.06. The predicted octanol–water partition coefficient (Wildman–Crippen LogP) is 0.778. The van der Waals surface area contributed by atoms with Crippen molar-refractivity contribution in [1.82, 2.24) is 4.90 Å². The number of hydrogen-bond acceptors (Lipinski definition) is 5. The van der Waals surface area contributed by atoms with Gasteiger partial charge in [0.15, 0.2) is 0 Å². The monoisotopic (exact) mass is 296 g/mol. The zero-order chi connectivity index (χ0) is 15.1. The summed E-state index contributed by atoms with van der Waals surface area (Å²) in [6.07, 6.45) is 0. The van der Waals surface area contributed by atoms with Crippen molar-refractivity contribution in [2.75, 3.05) is 11.6 Å². The zero-order valence-electron chi connectivity index (χ0n) is 11.0. The molecular weight excluding hydrogens is 280 g/mol. The molecule has 0 aliphatic rings. The summed E-state index contributed by atoms with van der Waals surface area (Å²) in [5.41, 5.74) is 5.77. The number of amides is 2. The lowest BCUT2D eigenvalue weighted by atomic mass is 10.2. The summed E-state index contributed by atoms with van der Waals surface area (Å²) in [7, 11) is 0. The number of carbonyl (C=O) groups is 3. The molecule has 2 amide bonds. The normalized spacial score (nSPS) is 11.7. The van der Waals surface area contributed by atoms with Crippen LogP contribution in [-0.4, -0.2) is 45.5 Å². The van der Waals surface area contributed by atoms with Crippen molar-refractivity contribution in [1.29, 1.82) is 0 Å². The second-order valence-corrected chi connectivity index (χ2v) is 5.06. The molecule has 0 aliphatic heterocycles. The number of benzene rings is 1. The summed E-state index contributed by atoms with van der Waals surface area (Å²) in [4.78, 5) is 35.3. The Morgan fingerprint density at radius 2 is 1.90 bits per heavy atom. The van der Waals surface area contributed by atoms with Gasteiger partial charge in [0.25, 0.3) is 5.91 Å². The molecule has 1 atom stereocenters. The highest BCUT2D eigenvalue weighted by molar-refractivity contribution is 7.99. The molecule has 0 saturated carbocycles. The van der Waals surface area contributed by atoms with Crippen LogP contribution in [0.15, 0.2) is 30.3 Å². The van der Waals surface area contributed by atoms with Crippen LogP contribution in [0.25, 0.3) is 0 Å². The van der Waals surface area contributed by atoms with E-state index in [1.54, 1.807) is 30.3 Å². The molecule has 0 aliphatic carbocycles. The van der Waals surface area contributed by atoms with Crippen molar-refractivity contribution in [3.63, 3.8) is 0 Å². The molecule has 1 aromatic carbocycles. The smallest absolute Gasteiger partial charge is 0.321 e. The van der Waals surface area contributed by atoms with E-state index in [9.17, 15) is 14.4 Å². The molecular formula is C13H16N2O4S. The van der Waals surface area contributed by atoms with E-state index in [0.717, 1.165) is 16.7 Å². The summed E-state index contributed by atoms with van der Waals surface area (Å²) in [6, 6.07) is 7.41. The number of rotatable bonds is 6. The fraction of sp³-hybridized carbons (Fsp3) is 0.308. The quantitative estimate of drug-likeness (QED) is 0.752. The summed E-state index contributed by atoms with van der Waals surface area (Å²) in [5, 5.41) is 8.66. The second kappa shape index (κ2) is 7.66. The number of carboxylic acids is 1. The van der Waals surface area contributed by atoms with E-state index in [0.29, 0.717) is 5.56 Å². The third-order valence-corrected chi connectivity index (χ3v) is 3.52. The Kier molecular flexibility index (Phi) is 6.20. The van der Waals surface area contributed by atoms with Crippen molar-refractivity contribution >= 4 is 29.5 Å². The molecule has 0 aromatic heterocycles. The number of nitrogens with zero attached hydrogens (tertiary/aromatic N) is 1. The SMILES string of the molecule is CC(=O)N(CSC[C@H](N)C(=O)O)C(=O)c1ccccc1. The van der Waals surface area contributed by atoms with Crippen LogP contribution in [0, 0.1) is 0 Å². The lowest BCUT2D eigenvalue weighted by Gasteiger charge is -2.19. The minimum atomic E-state index is -1.11. The van der Waals surface area contributed by atoms with Gasteiger partial charge in [-0.25, -0.2) is 0 Å². The van der Waals surface area contributed by atoms with Crippen molar-refractivity contribution in [3.8, 4) is 0 Å². The summed E-state index contributed by atoms with van der Waals surface area (Å²) < 4.78 is 0. The maximum atomic E-state index is 12.1. The van der Waals surface area contributed by atoms with Gasteiger partial charge in [-0.1, -0.05) is 18.2 Å². The molecule has 108 valence electrons. The number of carbonyl (C=O) groups excluding carboxylic acids is 2. The summed E-state index contributed by atoms with van der Waals surface area (Å²) in [6.45, 7) is 1.29. The molecule has 0 heterocycles. The number of nitrogens with two attached hydrogens (primary N) is 1. The number of imide groups is 1. The fourth-order valence-corrected chi connectivity index (χ4v) is 2.35. The molecule has 0 spiro atoms. The third kappa shape index (κ3) is 4.67. The van der Waals surface area contributed by atoms with Gasteiger partial charge in [-0.05, 0) is 12.1 Å². The molecule has 0 fully saturated rings. The average molecular weight is 296 g/mol. The van der Waals surface area contributed by atoms with Crippen LogP contribution >= 0.6 is 11.8 Å². The molecule has 0 bridgehead atoms. The summed E-state index contributed by atoms with van der Waals surface area (Å²) in [5.74, 6) is -1.71. The Balaban J connectivity index is 2.64. The molecule has 0 radical (unpaired) electrons. The van der Waals surface area contributed by atoms with Gasteiger partial charge in [0.2, 0.25) is 5.91 Å². The van der Waals surface area contributed by atoms with Crippen molar-refractivity contribution in [2.24, 2.45) is 5.73 Å². The van der Waals surface area contributed by atoms with Gasteiger partial charge in [0, 0.05) is 18.2 Å². The molecule has 0 saturated heterocycles. The number of hydrogen-bond donors (Lipinski definition) is 2. The van der Waals surface area contributed by atoms with Crippen LogP contribution in [0.2, 0.25) is 0 Å². The summed E-state index contributed by atoms with van der Waals surface area (Å²) >= 11 is 1.13. The van der Waals surface area contributed by atoms with Crippen LogP contribution in [0.5, 0.6) is 0 Å². The lowest BCUT2D eigenvalue weighted by molar-refractivity contribution is -0.137.